The van der Waals surface area contributed by atoms with Crippen molar-refractivity contribution >= 4 is 17.5 Å². The van der Waals surface area contributed by atoms with Gasteiger partial charge in [-0.05, 0) is 30.4 Å². The molecule has 0 bridgehead atoms. The zero-order chi connectivity index (χ0) is 13.0. The van der Waals surface area contributed by atoms with Gasteiger partial charge in [-0.3, -0.25) is 4.79 Å². The first-order valence-electron chi connectivity index (χ1n) is 5.90. The number of ether oxygens (including phenoxy) is 2. The fourth-order valence-corrected chi connectivity index (χ4v) is 2.94. The van der Waals surface area contributed by atoms with Crippen LogP contribution in [-0.2, 0) is 0 Å². The third-order valence-electron chi connectivity index (χ3n) is 2.85. The molecule has 2 rings (SSSR count). The summed E-state index contributed by atoms with van der Waals surface area (Å²) >= 11 is 1.88. The molecule has 1 aromatic rings. The third kappa shape index (κ3) is 2.97. The Morgan fingerprint density at radius 1 is 1.50 bits per heavy atom. The first-order valence-corrected chi connectivity index (χ1v) is 7.05. The largest absolute Gasteiger partial charge is 0.493 e. The molecule has 2 N–H and O–H groups in total. The molecule has 1 heterocycles. The van der Waals surface area contributed by atoms with Crippen LogP contribution in [0.1, 0.15) is 16.8 Å². The van der Waals surface area contributed by atoms with Crippen molar-refractivity contribution in [2.24, 2.45) is 5.73 Å². The second-order valence-corrected chi connectivity index (χ2v) is 5.25. The molecule has 0 aliphatic carbocycles. The Hall–Kier alpha value is -1.20. The van der Waals surface area contributed by atoms with Crippen molar-refractivity contribution < 1.29 is 14.3 Å². The van der Waals surface area contributed by atoms with E-state index in [1.165, 1.54) is 0 Å². The van der Waals surface area contributed by atoms with Gasteiger partial charge in [0.05, 0.1) is 13.7 Å². The highest BCUT2D eigenvalue weighted by Crippen LogP contribution is 2.31. The van der Waals surface area contributed by atoms with Gasteiger partial charge in [-0.15, -0.1) is 0 Å². The molecule has 1 atom stereocenters. The number of carbonyl (C=O) groups excluding carboxylic acids is 1. The van der Waals surface area contributed by atoms with Crippen LogP contribution >= 0.6 is 11.8 Å². The maximum absolute atomic E-state index is 11.6. The number of Topliss-reactive ketones (excluding diaryl/α,β-unsaturated/α-hetero) is 1. The van der Waals surface area contributed by atoms with Gasteiger partial charge in [0.1, 0.15) is 6.10 Å². The first-order chi connectivity index (χ1) is 8.74. The van der Waals surface area contributed by atoms with Crippen LogP contribution in [0.2, 0.25) is 0 Å². The molecule has 18 heavy (non-hydrogen) atoms. The Morgan fingerprint density at radius 2 is 2.33 bits per heavy atom. The van der Waals surface area contributed by atoms with E-state index >= 15 is 0 Å². The Morgan fingerprint density at radius 3 is 2.94 bits per heavy atom. The molecular weight excluding hydrogens is 250 g/mol. The van der Waals surface area contributed by atoms with E-state index in [2.05, 4.69) is 0 Å². The maximum Gasteiger partial charge on any atom is 0.176 e. The van der Waals surface area contributed by atoms with Crippen LogP contribution in [-0.4, -0.2) is 37.0 Å². The number of methoxy groups -OCH3 is 1. The summed E-state index contributed by atoms with van der Waals surface area (Å²) in [4.78, 5) is 11.6. The Kier molecular flexibility index (Phi) is 4.49. The molecule has 1 fully saturated rings. The quantitative estimate of drug-likeness (QED) is 0.823. The van der Waals surface area contributed by atoms with E-state index in [1.807, 2.05) is 11.8 Å². The average molecular weight is 267 g/mol. The normalized spacial score (nSPS) is 18.7. The van der Waals surface area contributed by atoms with E-state index in [4.69, 9.17) is 15.2 Å². The van der Waals surface area contributed by atoms with Crippen molar-refractivity contribution in [3.63, 3.8) is 0 Å². The van der Waals surface area contributed by atoms with E-state index in [0.29, 0.717) is 17.1 Å². The minimum atomic E-state index is -0.0942. The second kappa shape index (κ2) is 6.11. The fourth-order valence-electron chi connectivity index (χ4n) is 1.85. The Bertz CT molecular complexity index is 430. The maximum atomic E-state index is 11.6. The first kappa shape index (κ1) is 13.2. The van der Waals surface area contributed by atoms with E-state index in [0.717, 1.165) is 17.9 Å². The van der Waals surface area contributed by atoms with E-state index in [-0.39, 0.29) is 18.4 Å². The summed E-state index contributed by atoms with van der Waals surface area (Å²) in [5.74, 6) is 3.29. The summed E-state index contributed by atoms with van der Waals surface area (Å²) in [6.07, 6.45) is 1.23. The fraction of sp³-hybridized carbons (Fsp3) is 0.462. The molecule has 98 valence electrons. The van der Waals surface area contributed by atoms with Gasteiger partial charge in [-0.25, -0.2) is 0 Å². The predicted octanol–water partition coefficient (Wildman–Crippen LogP) is 1.72. The topological polar surface area (TPSA) is 61.5 Å². The lowest BCUT2D eigenvalue weighted by molar-refractivity contribution is 0.100. The monoisotopic (exact) mass is 267 g/mol. The number of carbonyl (C=O) groups is 1. The van der Waals surface area contributed by atoms with E-state index in [9.17, 15) is 4.79 Å². The highest BCUT2D eigenvalue weighted by atomic mass is 32.2. The van der Waals surface area contributed by atoms with Crippen LogP contribution in [0.15, 0.2) is 18.2 Å². The molecule has 4 nitrogen and oxygen atoms in total. The molecule has 0 radical (unpaired) electrons. The SMILES string of the molecule is COc1ccc(C(=O)CN)cc1OC1CCSC1. The summed E-state index contributed by atoms with van der Waals surface area (Å²) in [5, 5.41) is 0. The highest BCUT2D eigenvalue weighted by Gasteiger charge is 2.19. The van der Waals surface area contributed by atoms with Gasteiger partial charge in [0.25, 0.3) is 0 Å². The molecule has 1 saturated heterocycles. The van der Waals surface area contributed by atoms with E-state index in [1.54, 1.807) is 25.3 Å². The van der Waals surface area contributed by atoms with Crippen LogP contribution in [0.25, 0.3) is 0 Å². The smallest absolute Gasteiger partial charge is 0.176 e. The number of rotatable bonds is 5. The molecule has 1 aromatic carbocycles. The van der Waals surface area contributed by atoms with Crippen LogP contribution in [0.3, 0.4) is 0 Å². The molecule has 1 aliphatic heterocycles. The number of nitrogens with two attached hydrogens (primary N) is 1. The number of hydrogen-bond acceptors (Lipinski definition) is 5. The van der Waals surface area contributed by atoms with E-state index < -0.39 is 0 Å². The van der Waals surface area contributed by atoms with Gasteiger partial charge in [0.15, 0.2) is 17.3 Å². The van der Waals surface area contributed by atoms with Crippen LogP contribution in [0.5, 0.6) is 11.5 Å². The van der Waals surface area contributed by atoms with Crippen molar-refractivity contribution in [1.29, 1.82) is 0 Å². The number of hydrogen-bond donors (Lipinski definition) is 1. The molecule has 1 aliphatic rings. The lowest BCUT2D eigenvalue weighted by Gasteiger charge is -2.16. The van der Waals surface area contributed by atoms with Gasteiger partial charge in [0.2, 0.25) is 0 Å². The van der Waals surface area contributed by atoms with Crippen molar-refractivity contribution in [3.8, 4) is 11.5 Å². The molecule has 0 amide bonds. The second-order valence-electron chi connectivity index (χ2n) is 4.10. The summed E-state index contributed by atoms with van der Waals surface area (Å²) in [6.45, 7) is 0.00501. The average Bonchev–Trinajstić information content (AvgIpc) is 2.90. The van der Waals surface area contributed by atoms with Crippen molar-refractivity contribution in [2.75, 3.05) is 25.2 Å². The number of thioether (sulfide) groups is 1. The third-order valence-corrected chi connectivity index (χ3v) is 3.98. The lowest BCUT2D eigenvalue weighted by atomic mass is 10.1. The minimum absolute atomic E-state index is 0.00501. The number of ketones is 1. The summed E-state index contributed by atoms with van der Waals surface area (Å²) < 4.78 is 11.1. The summed E-state index contributed by atoms with van der Waals surface area (Å²) in [7, 11) is 1.59. The van der Waals surface area contributed by atoms with Crippen molar-refractivity contribution in [2.45, 2.75) is 12.5 Å². The molecular formula is C13H17NO3S. The number of benzene rings is 1. The molecule has 0 spiro atoms. The molecule has 5 heteroatoms. The molecule has 1 unspecified atom stereocenters. The zero-order valence-corrected chi connectivity index (χ0v) is 11.2. The summed E-state index contributed by atoms with van der Waals surface area (Å²) in [5.41, 5.74) is 5.93. The van der Waals surface area contributed by atoms with Gasteiger partial charge in [-0.2, -0.15) is 11.8 Å². The van der Waals surface area contributed by atoms with Crippen LogP contribution in [0.4, 0.5) is 0 Å². The van der Waals surface area contributed by atoms with Crippen LogP contribution < -0.4 is 15.2 Å². The standard InChI is InChI=1S/C13H17NO3S/c1-16-12-3-2-9(11(15)7-14)6-13(12)17-10-4-5-18-8-10/h2-3,6,10H,4-5,7-8,14H2,1H3. The van der Waals surface area contributed by atoms with Gasteiger partial charge >= 0.3 is 0 Å². The Balaban J connectivity index is 2.21. The minimum Gasteiger partial charge on any atom is -0.493 e. The molecule has 0 saturated carbocycles. The van der Waals surface area contributed by atoms with Gasteiger partial charge in [-0.1, -0.05) is 0 Å². The zero-order valence-electron chi connectivity index (χ0n) is 10.3. The summed E-state index contributed by atoms with van der Waals surface area (Å²) in [6, 6.07) is 5.18. The van der Waals surface area contributed by atoms with Gasteiger partial charge in [0, 0.05) is 11.3 Å². The van der Waals surface area contributed by atoms with Crippen LogP contribution in [0, 0.1) is 0 Å². The molecule has 0 aromatic heterocycles. The Labute approximate surface area is 111 Å². The van der Waals surface area contributed by atoms with Gasteiger partial charge < -0.3 is 15.2 Å². The predicted molar refractivity (Wildman–Crippen MR) is 72.7 cm³/mol. The highest BCUT2D eigenvalue weighted by molar-refractivity contribution is 7.99. The van der Waals surface area contributed by atoms with Crippen molar-refractivity contribution in [1.82, 2.24) is 0 Å². The van der Waals surface area contributed by atoms with Crippen molar-refractivity contribution in [3.05, 3.63) is 23.8 Å². The lowest BCUT2D eigenvalue weighted by Crippen LogP contribution is -2.17.